The van der Waals surface area contributed by atoms with Crippen molar-refractivity contribution >= 4 is 17.5 Å². The van der Waals surface area contributed by atoms with E-state index in [1.54, 1.807) is 24.3 Å². The third kappa shape index (κ3) is 2.53. The lowest BCUT2D eigenvalue weighted by atomic mass is 9.90. The van der Waals surface area contributed by atoms with E-state index in [0.717, 1.165) is 25.9 Å². The van der Waals surface area contributed by atoms with Gasteiger partial charge in [-0.15, -0.1) is 0 Å². The van der Waals surface area contributed by atoms with Crippen molar-refractivity contribution in [1.82, 2.24) is 10.2 Å². The molecule has 0 aromatic heterocycles. The SMILES string of the molecule is NC1=C(NC(=O)CN2CCCC2)C(=O)c2ccccc2C1=O. The molecule has 114 valence electrons. The third-order valence-electron chi connectivity index (χ3n) is 3.99. The molecule has 0 atom stereocenters. The molecule has 3 N–H and O–H groups in total. The van der Waals surface area contributed by atoms with Crippen LogP contribution < -0.4 is 11.1 Å². The van der Waals surface area contributed by atoms with Gasteiger partial charge < -0.3 is 11.1 Å². The van der Waals surface area contributed by atoms with E-state index >= 15 is 0 Å². The minimum absolute atomic E-state index is 0.104. The van der Waals surface area contributed by atoms with Crippen molar-refractivity contribution in [3.05, 3.63) is 46.8 Å². The van der Waals surface area contributed by atoms with E-state index in [1.807, 2.05) is 4.90 Å². The molecule has 1 aromatic rings. The molecule has 1 amide bonds. The number of nitrogens with two attached hydrogens (primary N) is 1. The monoisotopic (exact) mass is 299 g/mol. The van der Waals surface area contributed by atoms with Gasteiger partial charge in [-0.2, -0.15) is 0 Å². The molecular weight excluding hydrogens is 282 g/mol. The number of carbonyl (C=O) groups is 3. The lowest BCUT2D eigenvalue weighted by Gasteiger charge is -2.20. The first-order chi connectivity index (χ1) is 10.6. The van der Waals surface area contributed by atoms with Crippen molar-refractivity contribution in [2.75, 3.05) is 19.6 Å². The zero-order chi connectivity index (χ0) is 15.7. The van der Waals surface area contributed by atoms with E-state index in [2.05, 4.69) is 5.32 Å². The summed E-state index contributed by atoms with van der Waals surface area (Å²) in [6.07, 6.45) is 2.14. The van der Waals surface area contributed by atoms with E-state index in [-0.39, 0.29) is 35.0 Å². The number of benzene rings is 1. The summed E-state index contributed by atoms with van der Waals surface area (Å²) in [4.78, 5) is 38.7. The Balaban J connectivity index is 1.81. The molecule has 0 spiro atoms. The molecule has 1 aliphatic heterocycles. The average Bonchev–Trinajstić information content (AvgIpc) is 3.02. The van der Waals surface area contributed by atoms with Gasteiger partial charge in [0.15, 0.2) is 0 Å². The van der Waals surface area contributed by atoms with Crippen molar-refractivity contribution < 1.29 is 14.4 Å². The van der Waals surface area contributed by atoms with Crippen molar-refractivity contribution in [2.45, 2.75) is 12.8 Å². The van der Waals surface area contributed by atoms with Crippen LogP contribution in [0.25, 0.3) is 0 Å². The Bertz CT molecular complexity index is 688. The Labute approximate surface area is 128 Å². The molecule has 0 radical (unpaired) electrons. The van der Waals surface area contributed by atoms with Gasteiger partial charge in [0, 0.05) is 11.1 Å². The van der Waals surface area contributed by atoms with Gasteiger partial charge in [-0.3, -0.25) is 19.3 Å². The fraction of sp³-hybridized carbons (Fsp3) is 0.312. The summed E-state index contributed by atoms with van der Waals surface area (Å²) in [6, 6.07) is 6.48. The number of hydrogen-bond acceptors (Lipinski definition) is 5. The van der Waals surface area contributed by atoms with Crippen LogP contribution in [0, 0.1) is 0 Å². The summed E-state index contributed by atoms with van der Waals surface area (Å²) in [6.45, 7) is 1.95. The second kappa shape index (κ2) is 5.73. The molecule has 0 saturated carbocycles. The summed E-state index contributed by atoms with van der Waals surface area (Å²) in [7, 11) is 0. The Morgan fingerprint density at radius 3 is 2.32 bits per heavy atom. The van der Waals surface area contributed by atoms with Gasteiger partial charge >= 0.3 is 0 Å². The first-order valence-corrected chi connectivity index (χ1v) is 7.28. The highest BCUT2D eigenvalue weighted by molar-refractivity contribution is 6.27. The van der Waals surface area contributed by atoms with Gasteiger partial charge in [0.25, 0.3) is 0 Å². The van der Waals surface area contributed by atoms with Crippen molar-refractivity contribution in [3.8, 4) is 0 Å². The fourth-order valence-corrected chi connectivity index (χ4v) is 2.84. The maximum atomic E-state index is 12.4. The van der Waals surface area contributed by atoms with Crippen LogP contribution in [0.15, 0.2) is 35.7 Å². The van der Waals surface area contributed by atoms with Crippen molar-refractivity contribution in [3.63, 3.8) is 0 Å². The number of likely N-dealkylation sites (tertiary alicyclic amines) is 1. The maximum absolute atomic E-state index is 12.4. The molecule has 2 aliphatic rings. The number of Topliss-reactive ketones (excluding diaryl/α,β-unsaturated/α-hetero) is 2. The quantitative estimate of drug-likeness (QED) is 0.845. The molecule has 6 heteroatoms. The summed E-state index contributed by atoms with van der Waals surface area (Å²) in [5, 5.41) is 2.52. The number of nitrogens with zero attached hydrogens (tertiary/aromatic N) is 1. The van der Waals surface area contributed by atoms with Gasteiger partial charge in [-0.05, 0) is 25.9 Å². The molecule has 6 nitrogen and oxygen atoms in total. The van der Waals surface area contributed by atoms with Gasteiger partial charge in [-0.1, -0.05) is 24.3 Å². The Morgan fingerprint density at radius 1 is 1.09 bits per heavy atom. The summed E-state index contributed by atoms with van der Waals surface area (Å²) < 4.78 is 0. The van der Waals surface area contributed by atoms with Crippen LogP contribution in [0.4, 0.5) is 0 Å². The highest BCUT2D eigenvalue weighted by Gasteiger charge is 2.31. The predicted molar refractivity (Wildman–Crippen MR) is 80.1 cm³/mol. The molecular formula is C16H17N3O3. The van der Waals surface area contributed by atoms with E-state index < -0.39 is 11.6 Å². The first kappa shape index (κ1) is 14.5. The predicted octanol–water partition coefficient (Wildman–Crippen LogP) is 0.448. The number of hydrogen-bond donors (Lipinski definition) is 2. The topological polar surface area (TPSA) is 92.5 Å². The molecule has 3 rings (SSSR count). The molecule has 0 unspecified atom stereocenters. The van der Waals surface area contributed by atoms with Crippen molar-refractivity contribution in [1.29, 1.82) is 0 Å². The Morgan fingerprint density at radius 2 is 1.68 bits per heavy atom. The molecule has 1 aliphatic carbocycles. The van der Waals surface area contributed by atoms with Gasteiger partial charge in [0.05, 0.1) is 6.54 Å². The molecule has 1 saturated heterocycles. The number of nitrogens with one attached hydrogen (secondary N) is 1. The van der Waals surface area contributed by atoms with Crippen LogP contribution in [0.1, 0.15) is 33.6 Å². The lowest BCUT2D eigenvalue weighted by molar-refractivity contribution is -0.121. The van der Waals surface area contributed by atoms with Gasteiger partial charge in [0.2, 0.25) is 17.5 Å². The third-order valence-corrected chi connectivity index (χ3v) is 3.99. The van der Waals surface area contributed by atoms with E-state index in [1.165, 1.54) is 0 Å². The number of amides is 1. The number of fused-ring (bicyclic) bond motifs is 1. The van der Waals surface area contributed by atoms with E-state index in [0.29, 0.717) is 0 Å². The highest BCUT2D eigenvalue weighted by Crippen LogP contribution is 2.22. The van der Waals surface area contributed by atoms with Crippen LogP contribution in [-0.2, 0) is 4.79 Å². The van der Waals surface area contributed by atoms with Crippen LogP contribution in [0.3, 0.4) is 0 Å². The number of rotatable bonds is 3. The van der Waals surface area contributed by atoms with E-state index in [9.17, 15) is 14.4 Å². The van der Waals surface area contributed by atoms with Gasteiger partial charge in [-0.25, -0.2) is 0 Å². The number of ketones is 2. The van der Waals surface area contributed by atoms with E-state index in [4.69, 9.17) is 5.73 Å². The molecule has 1 fully saturated rings. The highest BCUT2D eigenvalue weighted by atomic mass is 16.2. The first-order valence-electron chi connectivity index (χ1n) is 7.28. The zero-order valence-electron chi connectivity index (χ0n) is 12.1. The summed E-state index contributed by atoms with van der Waals surface area (Å²) in [5.41, 5.74) is 6.02. The average molecular weight is 299 g/mol. The van der Waals surface area contributed by atoms with Crippen molar-refractivity contribution in [2.24, 2.45) is 5.73 Å². The lowest BCUT2D eigenvalue weighted by Crippen LogP contribution is -2.40. The Kier molecular flexibility index (Phi) is 3.77. The number of carbonyl (C=O) groups excluding carboxylic acids is 3. The number of allylic oxidation sites excluding steroid dienone is 2. The zero-order valence-corrected chi connectivity index (χ0v) is 12.1. The maximum Gasteiger partial charge on any atom is 0.238 e. The largest absolute Gasteiger partial charge is 0.394 e. The van der Waals surface area contributed by atoms with Crippen LogP contribution in [0.2, 0.25) is 0 Å². The normalized spacial score (nSPS) is 18.5. The fourth-order valence-electron chi connectivity index (χ4n) is 2.84. The van der Waals surface area contributed by atoms with Crippen LogP contribution in [0.5, 0.6) is 0 Å². The standard InChI is InChI=1S/C16H17N3O3/c17-13-14(18-12(20)9-19-7-3-4-8-19)16(22)11-6-2-1-5-10(11)15(13)21/h1-2,5-6H,3-4,7-9,17H2,(H,18,20). The molecule has 22 heavy (non-hydrogen) atoms. The summed E-state index contributed by atoms with van der Waals surface area (Å²) >= 11 is 0. The minimum atomic E-state index is -0.424. The second-order valence-corrected chi connectivity index (χ2v) is 5.52. The van der Waals surface area contributed by atoms with Gasteiger partial charge in [0.1, 0.15) is 11.4 Å². The minimum Gasteiger partial charge on any atom is -0.394 e. The van der Waals surface area contributed by atoms with Crippen LogP contribution >= 0.6 is 0 Å². The summed E-state index contributed by atoms with van der Waals surface area (Å²) in [5.74, 6) is -1.16. The molecule has 0 bridgehead atoms. The molecule has 1 heterocycles. The smallest absolute Gasteiger partial charge is 0.238 e. The Hall–Kier alpha value is -2.47. The molecule has 1 aromatic carbocycles. The second-order valence-electron chi connectivity index (χ2n) is 5.52. The van der Waals surface area contributed by atoms with Crippen LogP contribution in [-0.4, -0.2) is 42.0 Å².